The molecule has 0 bridgehead atoms. The molecule has 3 aliphatic rings. The van der Waals surface area contributed by atoms with Crippen LogP contribution in [0.15, 0.2) is 53.7 Å². The first-order valence-corrected chi connectivity index (χ1v) is 9.97. The lowest BCUT2D eigenvalue weighted by Crippen LogP contribution is -2.57. The van der Waals surface area contributed by atoms with Crippen molar-refractivity contribution in [1.82, 2.24) is 4.90 Å². The topological polar surface area (TPSA) is 68.0 Å². The quantitative estimate of drug-likeness (QED) is 0.594. The first kappa shape index (κ1) is 17.4. The fraction of sp³-hybridized carbons (Fsp3) is 0.409. The highest BCUT2D eigenvalue weighted by Crippen LogP contribution is 2.54. The van der Waals surface area contributed by atoms with Crippen molar-refractivity contribution in [2.75, 3.05) is 13.1 Å². The zero-order chi connectivity index (χ0) is 19.3. The van der Waals surface area contributed by atoms with Crippen molar-refractivity contribution in [1.29, 1.82) is 0 Å². The number of piperidine rings is 1. The summed E-state index contributed by atoms with van der Waals surface area (Å²) in [5, 5.41) is 15.6. The molecule has 2 aromatic carbocycles. The molecule has 2 aromatic rings. The number of non-ortho nitro benzene ring substituents is 1. The number of nitro benzene ring substituents is 1. The van der Waals surface area contributed by atoms with Crippen LogP contribution in [-0.2, 0) is 10.4 Å². The monoisotopic (exact) mass is 377 g/mol. The maximum atomic E-state index is 11.1. The van der Waals surface area contributed by atoms with Crippen molar-refractivity contribution < 1.29 is 9.76 Å². The molecule has 28 heavy (non-hydrogen) atoms. The lowest BCUT2D eigenvalue weighted by molar-refractivity contribution is -0.384. The maximum absolute atomic E-state index is 11.1. The third-order valence-corrected chi connectivity index (χ3v) is 6.55. The minimum atomic E-state index is -0.424. The molecule has 0 radical (unpaired) electrons. The molecule has 6 nitrogen and oxygen atoms in total. The second kappa shape index (κ2) is 6.41. The Morgan fingerprint density at radius 3 is 2.54 bits per heavy atom. The average molecular weight is 377 g/mol. The minimum Gasteiger partial charge on any atom is -0.389 e. The molecular formula is C22H23N3O3. The third-order valence-electron chi connectivity index (χ3n) is 6.55. The highest BCUT2D eigenvalue weighted by molar-refractivity contribution is 6.10. The number of oxime groups is 1. The molecule has 2 aliphatic heterocycles. The molecule has 0 amide bonds. The van der Waals surface area contributed by atoms with Gasteiger partial charge < -0.3 is 4.84 Å². The second-order valence-corrected chi connectivity index (χ2v) is 7.96. The molecule has 0 spiro atoms. The van der Waals surface area contributed by atoms with Gasteiger partial charge in [0.1, 0.15) is 11.3 Å². The Bertz CT molecular complexity index is 950. The number of hydrogen-bond acceptors (Lipinski definition) is 5. The van der Waals surface area contributed by atoms with Crippen molar-refractivity contribution in [2.24, 2.45) is 5.16 Å². The van der Waals surface area contributed by atoms with Crippen LogP contribution >= 0.6 is 0 Å². The number of hydrogen-bond donors (Lipinski definition) is 0. The predicted octanol–water partition coefficient (Wildman–Crippen LogP) is 4.20. The van der Waals surface area contributed by atoms with Crippen LogP contribution < -0.4 is 0 Å². The van der Waals surface area contributed by atoms with Crippen LogP contribution in [0.2, 0.25) is 0 Å². The van der Waals surface area contributed by atoms with E-state index in [0.717, 1.165) is 24.4 Å². The Hall–Kier alpha value is -2.73. The minimum absolute atomic E-state index is 0.0757. The molecule has 5 rings (SSSR count). The van der Waals surface area contributed by atoms with E-state index in [2.05, 4.69) is 41.2 Å². The summed E-state index contributed by atoms with van der Waals surface area (Å²) in [4.78, 5) is 19.3. The molecule has 1 fully saturated rings. The van der Waals surface area contributed by atoms with Crippen molar-refractivity contribution in [3.05, 3.63) is 75.3 Å². The van der Waals surface area contributed by atoms with E-state index in [1.165, 1.54) is 30.4 Å². The number of fused-ring (bicyclic) bond motifs is 3. The maximum Gasteiger partial charge on any atom is 0.269 e. The molecule has 2 heterocycles. The molecule has 0 unspecified atom stereocenters. The summed E-state index contributed by atoms with van der Waals surface area (Å²) >= 11 is 0. The standard InChI is InChI=1S/C22H23N3O3/c1-15-18-7-3-4-8-19(18)22(24-13-5-2-6-14-24)20(23-28-21(15)22)16-9-11-17(12-10-16)25(26)27/h3-4,7-12,15,21H,2,5-6,13-14H2,1H3/t15-,21+,22-/m0/s1. The highest BCUT2D eigenvalue weighted by atomic mass is 16.6. The number of benzene rings is 2. The smallest absolute Gasteiger partial charge is 0.269 e. The normalized spacial score (nSPS) is 29.0. The summed E-state index contributed by atoms with van der Waals surface area (Å²) in [7, 11) is 0. The Morgan fingerprint density at radius 2 is 1.82 bits per heavy atom. The van der Waals surface area contributed by atoms with Crippen LogP contribution in [0.4, 0.5) is 5.69 Å². The summed E-state index contributed by atoms with van der Waals surface area (Å²) in [6.45, 7) is 4.23. The van der Waals surface area contributed by atoms with E-state index in [4.69, 9.17) is 4.84 Å². The Labute approximate surface area is 163 Å². The highest BCUT2D eigenvalue weighted by Gasteiger charge is 2.62. The van der Waals surface area contributed by atoms with Crippen LogP contribution in [0.3, 0.4) is 0 Å². The van der Waals surface area contributed by atoms with E-state index in [1.807, 2.05) is 0 Å². The average Bonchev–Trinajstić information content (AvgIpc) is 3.25. The van der Waals surface area contributed by atoms with Gasteiger partial charge in [-0.25, -0.2) is 0 Å². The largest absolute Gasteiger partial charge is 0.389 e. The lowest BCUT2D eigenvalue weighted by Gasteiger charge is -2.44. The van der Waals surface area contributed by atoms with Crippen molar-refractivity contribution >= 4 is 11.4 Å². The Kier molecular flexibility index (Phi) is 3.98. The zero-order valence-corrected chi connectivity index (χ0v) is 15.9. The molecule has 0 saturated carbocycles. The van der Waals surface area contributed by atoms with E-state index >= 15 is 0 Å². The van der Waals surface area contributed by atoms with Gasteiger partial charge in [0, 0.05) is 23.6 Å². The second-order valence-electron chi connectivity index (χ2n) is 7.96. The van der Waals surface area contributed by atoms with Crippen LogP contribution in [0, 0.1) is 10.1 Å². The SMILES string of the molecule is C[C@H]1c2ccccc2[C@]2(N3CCCCC3)C(c3ccc([N+](=O)[O-])cc3)=NO[C@H]12. The molecule has 1 aliphatic carbocycles. The summed E-state index contributed by atoms with van der Waals surface area (Å²) in [5.74, 6) is 0.234. The summed E-state index contributed by atoms with van der Waals surface area (Å²) in [5.41, 5.74) is 4.02. The fourth-order valence-electron chi connectivity index (χ4n) is 5.29. The molecular weight excluding hydrogens is 354 g/mol. The first-order chi connectivity index (χ1) is 13.6. The number of nitrogens with zero attached hydrogens (tertiary/aromatic N) is 3. The molecule has 144 valence electrons. The van der Waals surface area contributed by atoms with Gasteiger partial charge in [0.15, 0.2) is 6.10 Å². The van der Waals surface area contributed by atoms with Gasteiger partial charge in [-0.3, -0.25) is 15.0 Å². The van der Waals surface area contributed by atoms with Crippen molar-refractivity contribution in [3.63, 3.8) is 0 Å². The number of nitro groups is 1. The van der Waals surface area contributed by atoms with E-state index in [1.54, 1.807) is 24.3 Å². The van der Waals surface area contributed by atoms with Crippen LogP contribution in [0.1, 0.15) is 48.8 Å². The number of rotatable bonds is 3. The van der Waals surface area contributed by atoms with Gasteiger partial charge in [0.05, 0.1) is 4.92 Å². The Balaban J connectivity index is 1.68. The molecule has 0 N–H and O–H groups in total. The third kappa shape index (κ3) is 2.27. The van der Waals surface area contributed by atoms with Crippen LogP contribution in [0.5, 0.6) is 0 Å². The van der Waals surface area contributed by atoms with Gasteiger partial charge in [-0.05, 0) is 49.2 Å². The van der Waals surface area contributed by atoms with Crippen LogP contribution in [0.25, 0.3) is 0 Å². The van der Waals surface area contributed by atoms with Gasteiger partial charge in [-0.15, -0.1) is 0 Å². The van der Waals surface area contributed by atoms with Gasteiger partial charge in [-0.1, -0.05) is 42.8 Å². The van der Waals surface area contributed by atoms with Gasteiger partial charge in [0.2, 0.25) is 0 Å². The summed E-state index contributed by atoms with van der Waals surface area (Å²) in [6, 6.07) is 15.3. The summed E-state index contributed by atoms with van der Waals surface area (Å²) < 4.78 is 0. The van der Waals surface area contributed by atoms with Crippen LogP contribution in [-0.4, -0.2) is 34.7 Å². The molecule has 0 aromatic heterocycles. The molecule has 1 saturated heterocycles. The summed E-state index contributed by atoms with van der Waals surface area (Å²) in [6.07, 6.45) is 3.50. The van der Waals surface area contributed by atoms with Gasteiger partial charge in [-0.2, -0.15) is 0 Å². The van der Waals surface area contributed by atoms with Gasteiger partial charge >= 0.3 is 0 Å². The Morgan fingerprint density at radius 1 is 1.11 bits per heavy atom. The van der Waals surface area contributed by atoms with E-state index in [-0.39, 0.29) is 22.6 Å². The zero-order valence-electron chi connectivity index (χ0n) is 15.9. The lowest BCUT2D eigenvalue weighted by atomic mass is 9.78. The van der Waals surface area contributed by atoms with E-state index < -0.39 is 5.54 Å². The number of likely N-dealkylation sites (tertiary alicyclic amines) is 1. The predicted molar refractivity (Wildman–Crippen MR) is 106 cm³/mol. The van der Waals surface area contributed by atoms with Crippen molar-refractivity contribution in [2.45, 2.75) is 43.7 Å². The fourth-order valence-corrected chi connectivity index (χ4v) is 5.29. The van der Waals surface area contributed by atoms with E-state index in [0.29, 0.717) is 0 Å². The van der Waals surface area contributed by atoms with E-state index in [9.17, 15) is 10.1 Å². The first-order valence-electron chi connectivity index (χ1n) is 9.97. The molecule has 3 atom stereocenters. The molecule has 6 heteroatoms. The van der Waals surface area contributed by atoms with Gasteiger partial charge in [0.25, 0.3) is 5.69 Å². The van der Waals surface area contributed by atoms with Crippen molar-refractivity contribution in [3.8, 4) is 0 Å².